The lowest BCUT2D eigenvalue weighted by Crippen LogP contribution is -2.39. The van der Waals surface area contributed by atoms with Crippen molar-refractivity contribution >= 4 is 11.5 Å². The van der Waals surface area contributed by atoms with E-state index in [1.54, 1.807) is 10.7 Å². The zero-order valence-corrected chi connectivity index (χ0v) is 12.6. The molecule has 4 nitrogen and oxygen atoms in total. The van der Waals surface area contributed by atoms with Crippen LogP contribution in [0, 0.1) is 5.92 Å². The Bertz CT molecular complexity index is 654. The number of aromatic nitrogens is 3. The number of hydrogen-bond donors (Lipinski definition) is 0. The van der Waals surface area contributed by atoms with Gasteiger partial charge in [-0.1, -0.05) is 13.8 Å². The number of hydrogen-bond acceptors (Lipinski definition) is 3. The van der Waals surface area contributed by atoms with E-state index < -0.39 is 12.1 Å². The first-order chi connectivity index (χ1) is 10.4. The van der Waals surface area contributed by atoms with Crippen molar-refractivity contribution in [2.45, 2.75) is 38.8 Å². The normalized spacial score (nSPS) is 17.6. The molecule has 0 saturated carbocycles. The van der Waals surface area contributed by atoms with Gasteiger partial charge in [0.25, 0.3) is 0 Å². The summed E-state index contributed by atoms with van der Waals surface area (Å²) in [4.78, 5) is 6.52. The maximum Gasteiger partial charge on any atom is 0.391 e. The molecule has 1 aliphatic rings. The van der Waals surface area contributed by atoms with E-state index in [1.165, 1.54) is 0 Å². The Morgan fingerprint density at radius 2 is 1.91 bits per heavy atom. The third-order valence-corrected chi connectivity index (χ3v) is 4.23. The minimum Gasteiger partial charge on any atom is -0.356 e. The van der Waals surface area contributed by atoms with Gasteiger partial charge in [-0.3, -0.25) is 0 Å². The molecule has 0 aromatic carbocycles. The number of alkyl halides is 3. The van der Waals surface area contributed by atoms with Gasteiger partial charge in [0.05, 0.1) is 12.1 Å². The van der Waals surface area contributed by atoms with Crippen LogP contribution in [0.5, 0.6) is 0 Å². The van der Waals surface area contributed by atoms with Crippen molar-refractivity contribution in [1.29, 1.82) is 0 Å². The lowest BCUT2D eigenvalue weighted by Gasteiger charge is -2.34. The van der Waals surface area contributed by atoms with Gasteiger partial charge in [-0.05, 0) is 18.8 Å². The van der Waals surface area contributed by atoms with Crippen LogP contribution >= 0.6 is 0 Å². The molecule has 1 saturated heterocycles. The number of rotatable bonds is 2. The van der Waals surface area contributed by atoms with Crippen LogP contribution in [0.15, 0.2) is 18.3 Å². The molecular weight excluding hydrogens is 293 g/mol. The molecule has 0 N–H and O–H groups in total. The van der Waals surface area contributed by atoms with Gasteiger partial charge in [-0.2, -0.15) is 22.8 Å². The average Bonchev–Trinajstić information content (AvgIpc) is 2.93. The zero-order chi connectivity index (χ0) is 15.9. The van der Waals surface area contributed by atoms with Crippen LogP contribution in [0.3, 0.4) is 0 Å². The molecule has 0 atom stereocenters. The molecule has 0 bridgehead atoms. The van der Waals surface area contributed by atoms with E-state index in [0.717, 1.165) is 17.2 Å². The molecule has 0 aliphatic carbocycles. The Morgan fingerprint density at radius 1 is 1.23 bits per heavy atom. The van der Waals surface area contributed by atoms with Crippen LogP contribution in [0.1, 0.15) is 38.3 Å². The van der Waals surface area contributed by atoms with E-state index in [0.29, 0.717) is 13.1 Å². The molecule has 0 spiro atoms. The first-order valence-electron chi connectivity index (χ1n) is 7.52. The second kappa shape index (κ2) is 5.44. The third-order valence-electron chi connectivity index (χ3n) is 4.23. The third kappa shape index (κ3) is 2.76. The first kappa shape index (κ1) is 15.1. The highest BCUT2D eigenvalue weighted by Crippen LogP contribution is 2.35. The van der Waals surface area contributed by atoms with Crippen molar-refractivity contribution in [1.82, 2.24) is 14.6 Å². The highest BCUT2D eigenvalue weighted by Gasteiger charge is 2.41. The molecule has 1 fully saturated rings. The fourth-order valence-electron chi connectivity index (χ4n) is 2.87. The summed E-state index contributed by atoms with van der Waals surface area (Å²) < 4.78 is 40.1. The number of fused-ring (bicyclic) bond motifs is 1. The smallest absolute Gasteiger partial charge is 0.356 e. The van der Waals surface area contributed by atoms with Gasteiger partial charge >= 0.3 is 6.18 Å². The fraction of sp³-hybridized carbons (Fsp3) is 0.600. The van der Waals surface area contributed by atoms with Gasteiger partial charge in [0, 0.05) is 30.9 Å². The van der Waals surface area contributed by atoms with Crippen LogP contribution in [0.4, 0.5) is 19.0 Å². The number of piperidine rings is 1. The van der Waals surface area contributed by atoms with Crippen LogP contribution in [-0.4, -0.2) is 33.9 Å². The molecule has 1 aliphatic heterocycles. The second-order valence-electron chi connectivity index (χ2n) is 6.10. The quantitative estimate of drug-likeness (QED) is 0.849. The second-order valence-corrected chi connectivity index (χ2v) is 6.10. The summed E-state index contributed by atoms with van der Waals surface area (Å²) >= 11 is 0. The maximum atomic E-state index is 12.8. The topological polar surface area (TPSA) is 33.4 Å². The summed E-state index contributed by atoms with van der Waals surface area (Å²) in [6.07, 6.45) is -2.16. The Balaban J connectivity index is 1.89. The Kier molecular flexibility index (Phi) is 3.74. The van der Waals surface area contributed by atoms with Crippen molar-refractivity contribution in [3.8, 4) is 0 Å². The van der Waals surface area contributed by atoms with Gasteiger partial charge in [0.15, 0.2) is 5.65 Å². The molecule has 22 heavy (non-hydrogen) atoms. The standard InChI is InChI=1S/C15H19F3N4/c1-10(2)12-9-14(22-13(20-12)3-6-19-22)21-7-4-11(5-8-21)15(16,17)18/h3,6,9-11H,4-5,7-8H2,1-2H3. The Hall–Kier alpha value is -1.79. The summed E-state index contributed by atoms with van der Waals surface area (Å²) in [6, 6.07) is 3.76. The maximum absolute atomic E-state index is 12.8. The Labute approximate surface area is 126 Å². The molecule has 2 aromatic rings. The molecule has 7 heteroatoms. The van der Waals surface area contributed by atoms with E-state index in [1.807, 2.05) is 17.0 Å². The molecule has 0 unspecified atom stereocenters. The minimum absolute atomic E-state index is 0.131. The average molecular weight is 312 g/mol. The first-order valence-corrected chi connectivity index (χ1v) is 7.52. The van der Waals surface area contributed by atoms with E-state index >= 15 is 0 Å². The lowest BCUT2D eigenvalue weighted by molar-refractivity contribution is -0.179. The van der Waals surface area contributed by atoms with Crippen molar-refractivity contribution < 1.29 is 13.2 Å². The highest BCUT2D eigenvalue weighted by molar-refractivity contribution is 5.51. The van der Waals surface area contributed by atoms with Crippen LogP contribution in [-0.2, 0) is 0 Å². The van der Waals surface area contributed by atoms with Crippen LogP contribution in [0.2, 0.25) is 0 Å². The van der Waals surface area contributed by atoms with Crippen molar-refractivity contribution in [3.05, 3.63) is 24.0 Å². The molecular formula is C15H19F3N4. The SMILES string of the molecule is CC(C)c1cc(N2CCC(C(F)(F)F)CC2)n2nccc2n1. The summed E-state index contributed by atoms with van der Waals surface area (Å²) in [5, 5.41) is 4.25. The summed E-state index contributed by atoms with van der Waals surface area (Å²) in [5.74, 6) is -0.103. The molecule has 3 rings (SSSR count). The predicted molar refractivity (Wildman–Crippen MR) is 78.1 cm³/mol. The lowest BCUT2D eigenvalue weighted by atomic mass is 9.96. The number of halogens is 3. The molecule has 0 amide bonds. The summed E-state index contributed by atoms with van der Waals surface area (Å²) in [6.45, 7) is 4.88. The fourth-order valence-corrected chi connectivity index (χ4v) is 2.87. The van der Waals surface area contributed by atoms with Crippen molar-refractivity contribution in [3.63, 3.8) is 0 Å². The Morgan fingerprint density at radius 3 is 2.50 bits per heavy atom. The zero-order valence-electron chi connectivity index (χ0n) is 12.6. The molecule has 120 valence electrons. The minimum atomic E-state index is -4.09. The van der Waals surface area contributed by atoms with E-state index in [-0.39, 0.29) is 18.8 Å². The van der Waals surface area contributed by atoms with E-state index in [2.05, 4.69) is 23.9 Å². The number of anilines is 1. The molecule has 3 heterocycles. The summed E-state index contributed by atoms with van der Waals surface area (Å²) in [7, 11) is 0. The predicted octanol–water partition coefficient (Wildman–Crippen LogP) is 3.63. The molecule has 0 radical (unpaired) electrons. The van der Waals surface area contributed by atoms with Gasteiger partial charge in [0.1, 0.15) is 5.82 Å². The van der Waals surface area contributed by atoms with Gasteiger partial charge < -0.3 is 4.90 Å². The van der Waals surface area contributed by atoms with Crippen LogP contribution < -0.4 is 4.90 Å². The number of nitrogens with zero attached hydrogens (tertiary/aromatic N) is 4. The van der Waals surface area contributed by atoms with Crippen molar-refractivity contribution in [2.24, 2.45) is 5.92 Å². The monoisotopic (exact) mass is 312 g/mol. The van der Waals surface area contributed by atoms with Crippen LogP contribution in [0.25, 0.3) is 5.65 Å². The largest absolute Gasteiger partial charge is 0.391 e. The van der Waals surface area contributed by atoms with Crippen molar-refractivity contribution in [2.75, 3.05) is 18.0 Å². The van der Waals surface area contributed by atoms with E-state index in [9.17, 15) is 13.2 Å². The van der Waals surface area contributed by atoms with Gasteiger partial charge in [0.2, 0.25) is 0 Å². The van der Waals surface area contributed by atoms with E-state index in [4.69, 9.17) is 0 Å². The van der Waals surface area contributed by atoms with Gasteiger partial charge in [-0.15, -0.1) is 0 Å². The highest BCUT2D eigenvalue weighted by atomic mass is 19.4. The van der Waals surface area contributed by atoms with Gasteiger partial charge in [-0.25, -0.2) is 4.98 Å². The molecule has 2 aromatic heterocycles. The summed E-state index contributed by atoms with van der Waals surface area (Å²) in [5.41, 5.74) is 1.67.